The Labute approximate surface area is 208 Å². The first-order valence-corrected chi connectivity index (χ1v) is 13.2. The van der Waals surface area contributed by atoms with Crippen LogP contribution in [0.5, 0.6) is 0 Å². The van der Waals surface area contributed by atoms with Gasteiger partial charge >= 0.3 is 0 Å². The monoisotopic (exact) mass is 484 g/mol. The Hall–Kier alpha value is -3.29. The summed E-state index contributed by atoms with van der Waals surface area (Å²) in [6, 6.07) is 18.0. The third kappa shape index (κ3) is 4.42. The largest absolute Gasteiger partial charge is 0.336 e. The lowest BCUT2D eigenvalue weighted by atomic mass is 9.97. The normalized spacial score (nSPS) is 16.4. The van der Waals surface area contributed by atoms with Crippen LogP contribution in [0.25, 0.3) is 21.3 Å². The number of H-pyrrole nitrogens is 1. The maximum atomic E-state index is 13.0. The molecule has 1 amide bonds. The second-order valence-electron chi connectivity index (χ2n) is 9.42. The number of benzene rings is 2. The van der Waals surface area contributed by atoms with E-state index in [0.717, 1.165) is 65.1 Å². The molecule has 1 aliphatic carbocycles. The van der Waals surface area contributed by atoms with Crippen LogP contribution in [0.2, 0.25) is 0 Å². The van der Waals surface area contributed by atoms with Crippen molar-refractivity contribution in [2.75, 3.05) is 26.2 Å². The molecular formula is C28H28N4O2S. The number of aryl methyl sites for hydroxylation is 2. The molecule has 1 aliphatic heterocycles. The summed E-state index contributed by atoms with van der Waals surface area (Å²) < 4.78 is 0. The maximum absolute atomic E-state index is 13.0. The van der Waals surface area contributed by atoms with Crippen LogP contribution in [0.4, 0.5) is 0 Å². The van der Waals surface area contributed by atoms with Gasteiger partial charge in [0, 0.05) is 36.6 Å². The fourth-order valence-electron chi connectivity index (χ4n) is 5.22. The summed E-state index contributed by atoms with van der Waals surface area (Å²) >= 11 is 1.69. The first kappa shape index (κ1) is 22.2. The van der Waals surface area contributed by atoms with Crippen LogP contribution in [-0.2, 0) is 19.4 Å². The zero-order valence-electron chi connectivity index (χ0n) is 19.6. The highest BCUT2D eigenvalue weighted by Crippen LogP contribution is 2.33. The van der Waals surface area contributed by atoms with E-state index in [2.05, 4.69) is 22.0 Å². The number of thiophene rings is 1. The molecule has 4 aromatic rings. The standard InChI is InChI=1S/C28H28N4O2S/c33-26-25-22-8-4-5-9-23(22)35-27(25)30-24(29-26)18-31-14-16-32(17-15-31)28(34)21-12-10-20(11-13-21)19-6-2-1-3-7-19/h1-3,6-7,10-13H,4-5,8-9,14-18H2,(H,29,30,33). The molecule has 35 heavy (non-hydrogen) atoms. The van der Waals surface area contributed by atoms with Gasteiger partial charge in [-0.1, -0.05) is 42.5 Å². The van der Waals surface area contributed by atoms with Gasteiger partial charge in [-0.25, -0.2) is 4.98 Å². The van der Waals surface area contributed by atoms with Gasteiger partial charge in [0.1, 0.15) is 10.7 Å². The van der Waals surface area contributed by atoms with E-state index in [1.54, 1.807) is 11.3 Å². The number of fused-ring (bicyclic) bond motifs is 3. The molecule has 1 fully saturated rings. The highest BCUT2D eigenvalue weighted by molar-refractivity contribution is 7.18. The van der Waals surface area contributed by atoms with Crippen molar-refractivity contribution >= 4 is 27.5 Å². The molecule has 3 heterocycles. The number of carbonyl (C=O) groups excluding carboxylic acids is 1. The van der Waals surface area contributed by atoms with Crippen molar-refractivity contribution in [2.45, 2.75) is 32.2 Å². The van der Waals surface area contributed by atoms with Crippen LogP contribution >= 0.6 is 11.3 Å². The Morgan fingerprint density at radius 3 is 2.40 bits per heavy atom. The first-order valence-electron chi connectivity index (χ1n) is 12.4. The molecule has 0 atom stereocenters. The molecule has 178 valence electrons. The SMILES string of the molecule is O=C(c1ccc(-c2ccccc2)cc1)N1CCN(Cc2nc3sc4c(c3c(=O)[nH]2)CCCC4)CC1. The van der Waals surface area contributed by atoms with Crippen LogP contribution in [-0.4, -0.2) is 51.9 Å². The Bertz CT molecular complexity index is 1420. The number of nitrogens with zero attached hydrogens (tertiary/aromatic N) is 3. The molecule has 0 radical (unpaired) electrons. The van der Waals surface area contributed by atoms with Crippen molar-refractivity contribution in [1.29, 1.82) is 0 Å². The molecule has 1 N–H and O–H groups in total. The quantitative estimate of drug-likeness (QED) is 0.464. The number of carbonyl (C=O) groups is 1. The van der Waals surface area contributed by atoms with Crippen molar-refractivity contribution in [3.8, 4) is 11.1 Å². The summed E-state index contributed by atoms with van der Waals surface area (Å²) in [7, 11) is 0. The smallest absolute Gasteiger partial charge is 0.259 e. The van der Waals surface area contributed by atoms with Crippen LogP contribution in [0.1, 0.15) is 39.5 Å². The summed E-state index contributed by atoms with van der Waals surface area (Å²) in [5.41, 5.74) is 4.19. The number of hydrogen-bond acceptors (Lipinski definition) is 5. The van der Waals surface area contributed by atoms with E-state index >= 15 is 0 Å². The fourth-order valence-corrected chi connectivity index (χ4v) is 6.50. The van der Waals surface area contributed by atoms with Crippen molar-refractivity contribution in [3.63, 3.8) is 0 Å². The van der Waals surface area contributed by atoms with Crippen molar-refractivity contribution in [2.24, 2.45) is 0 Å². The molecule has 0 unspecified atom stereocenters. The lowest BCUT2D eigenvalue weighted by Gasteiger charge is -2.34. The maximum Gasteiger partial charge on any atom is 0.259 e. The summed E-state index contributed by atoms with van der Waals surface area (Å²) in [5, 5.41) is 0.808. The second kappa shape index (κ2) is 9.40. The first-order chi connectivity index (χ1) is 17.2. The van der Waals surface area contributed by atoms with E-state index < -0.39 is 0 Å². The van der Waals surface area contributed by atoms with Gasteiger partial charge in [0.25, 0.3) is 11.5 Å². The molecule has 6 rings (SSSR count). The molecule has 2 aromatic heterocycles. The summed E-state index contributed by atoms with van der Waals surface area (Å²) in [6.07, 6.45) is 4.41. The zero-order chi connectivity index (χ0) is 23.8. The van der Waals surface area contributed by atoms with Gasteiger partial charge in [-0.2, -0.15) is 0 Å². The van der Waals surface area contributed by atoms with Gasteiger partial charge < -0.3 is 9.88 Å². The highest BCUT2D eigenvalue weighted by Gasteiger charge is 2.24. The predicted octanol–water partition coefficient (Wildman–Crippen LogP) is 4.49. The average Bonchev–Trinajstić information content (AvgIpc) is 3.28. The third-order valence-corrected chi connectivity index (χ3v) is 8.33. The number of piperazine rings is 1. The van der Waals surface area contributed by atoms with Crippen molar-refractivity contribution < 1.29 is 4.79 Å². The molecule has 2 aliphatic rings. The average molecular weight is 485 g/mol. The minimum Gasteiger partial charge on any atom is -0.336 e. The lowest BCUT2D eigenvalue weighted by molar-refractivity contribution is 0.0625. The molecular weight excluding hydrogens is 456 g/mol. The van der Waals surface area contributed by atoms with E-state index in [9.17, 15) is 9.59 Å². The number of amides is 1. The fraction of sp³-hybridized carbons (Fsp3) is 0.321. The third-order valence-electron chi connectivity index (χ3n) is 7.15. The van der Waals surface area contributed by atoms with Gasteiger partial charge in [-0.3, -0.25) is 14.5 Å². The lowest BCUT2D eigenvalue weighted by Crippen LogP contribution is -2.48. The highest BCUT2D eigenvalue weighted by atomic mass is 32.1. The Morgan fingerprint density at radius 1 is 0.914 bits per heavy atom. The summed E-state index contributed by atoms with van der Waals surface area (Å²) in [4.78, 5) is 40.1. The zero-order valence-corrected chi connectivity index (χ0v) is 20.4. The van der Waals surface area contributed by atoms with Gasteiger partial charge in [0.15, 0.2) is 0 Å². The van der Waals surface area contributed by atoms with E-state index in [0.29, 0.717) is 19.6 Å². The number of aromatic nitrogens is 2. The Morgan fingerprint density at radius 2 is 1.63 bits per heavy atom. The molecule has 0 saturated carbocycles. The van der Waals surface area contributed by atoms with E-state index in [1.807, 2.05) is 47.4 Å². The van der Waals surface area contributed by atoms with E-state index in [4.69, 9.17) is 4.98 Å². The van der Waals surface area contributed by atoms with Gasteiger partial charge in [0.05, 0.1) is 11.9 Å². The molecule has 0 bridgehead atoms. The van der Waals surface area contributed by atoms with Crippen LogP contribution < -0.4 is 5.56 Å². The van der Waals surface area contributed by atoms with Crippen LogP contribution in [0.3, 0.4) is 0 Å². The van der Waals surface area contributed by atoms with Gasteiger partial charge in [-0.15, -0.1) is 11.3 Å². The molecule has 0 spiro atoms. The minimum absolute atomic E-state index is 0.00263. The second-order valence-corrected chi connectivity index (χ2v) is 10.5. The van der Waals surface area contributed by atoms with E-state index in [-0.39, 0.29) is 11.5 Å². The van der Waals surface area contributed by atoms with E-state index in [1.165, 1.54) is 16.9 Å². The van der Waals surface area contributed by atoms with Crippen molar-refractivity contribution in [1.82, 2.24) is 19.8 Å². The van der Waals surface area contributed by atoms with Gasteiger partial charge in [0.2, 0.25) is 0 Å². The Balaban J connectivity index is 1.10. The predicted molar refractivity (Wildman–Crippen MR) is 140 cm³/mol. The number of hydrogen-bond donors (Lipinski definition) is 1. The summed E-state index contributed by atoms with van der Waals surface area (Å²) in [6.45, 7) is 3.45. The number of nitrogens with one attached hydrogen (secondary N) is 1. The molecule has 1 saturated heterocycles. The summed E-state index contributed by atoms with van der Waals surface area (Å²) in [5.74, 6) is 0.791. The van der Waals surface area contributed by atoms with Gasteiger partial charge in [-0.05, 0) is 54.5 Å². The number of aromatic amines is 1. The molecule has 2 aromatic carbocycles. The van der Waals surface area contributed by atoms with Crippen LogP contribution in [0, 0.1) is 0 Å². The van der Waals surface area contributed by atoms with Crippen molar-refractivity contribution in [3.05, 3.63) is 86.8 Å². The topological polar surface area (TPSA) is 69.3 Å². The molecule has 7 heteroatoms. The van der Waals surface area contributed by atoms with Crippen LogP contribution in [0.15, 0.2) is 59.4 Å². The minimum atomic E-state index is -0.00263. The number of rotatable bonds is 4. The molecule has 6 nitrogen and oxygen atoms in total. The Kier molecular flexibility index (Phi) is 5.96.